The number of esters is 1. The van der Waals surface area contributed by atoms with Crippen molar-refractivity contribution in [1.29, 1.82) is 0 Å². The number of hydrogen-bond donors (Lipinski definition) is 4. The van der Waals surface area contributed by atoms with Crippen molar-refractivity contribution >= 4 is 72.7 Å². The van der Waals surface area contributed by atoms with E-state index < -0.39 is 24.3 Å². The number of aliphatic hydroxyl groups excluding tert-OH is 1. The summed E-state index contributed by atoms with van der Waals surface area (Å²) in [6.45, 7) is 4.07. The van der Waals surface area contributed by atoms with Gasteiger partial charge in [0, 0.05) is 10.2 Å². The molecule has 0 fully saturated rings. The number of hydrazone groups is 1. The highest BCUT2D eigenvalue weighted by Gasteiger charge is 2.32. The lowest BCUT2D eigenvalue weighted by Gasteiger charge is -2.28. The molecule has 0 saturated carbocycles. The first-order chi connectivity index (χ1) is 21.6. The number of nitrogens with one attached hydrogen (secondary N) is 3. The molecule has 3 aromatic carbocycles. The molecule has 3 aromatic rings. The number of hydrogen-bond acceptors (Lipinski definition) is 9. The van der Waals surface area contributed by atoms with Gasteiger partial charge in [0.05, 0.1) is 39.6 Å². The lowest BCUT2D eigenvalue weighted by molar-refractivity contribution is -0.136. The summed E-state index contributed by atoms with van der Waals surface area (Å²) in [6.07, 6.45) is 0.447. The van der Waals surface area contributed by atoms with Crippen molar-refractivity contribution in [1.82, 2.24) is 16.1 Å². The van der Waals surface area contributed by atoms with Crippen molar-refractivity contribution in [3.63, 3.8) is 0 Å². The molecule has 2 atom stereocenters. The third-order valence-electron chi connectivity index (χ3n) is 6.43. The number of halogens is 3. The Hall–Kier alpha value is -3.34. The number of carbonyl (C=O) groups excluding carboxylic acids is 2. The molecule has 1 heterocycles. The van der Waals surface area contributed by atoms with Gasteiger partial charge < -0.3 is 34.7 Å². The summed E-state index contributed by atoms with van der Waals surface area (Å²) in [4.78, 5) is 24.6. The topological polar surface area (TPSA) is 140 Å². The number of nitrogens with zero attached hydrogens (tertiary/aromatic N) is 1. The van der Waals surface area contributed by atoms with Crippen LogP contribution >= 0.6 is 54.5 Å². The Morgan fingerprint density at radius 1 is 1.11 bits per heavy atom. The van der Waals surface area contributed by atoms with Gasteiger partial charge in [0.15, 0.2) is 17.7 Å². The van der Waals surface area contributed by atoms with Gasteiger partial charge in [-0.15, -0.1) is 0 Å². The second-order valence-corrected chi connectivity index (χ2v) is 12.6. The van der Waals surface area contributed by atoms with E-state index in [2.05, 4.69) is 75.6 Å². The standard InChI is InChI=1S/C31H31Br2IN4O7/c1-4-43-25-13-20(28-27(30(40)42-3)17(2)36-31(41)37-28)7-10-24(25)44-16-26(39)38-35-14-19-11-22(33)29(23(34)12-19)45-15-18-5-8-21(32)9-6-18/h5-14,26,28,38-39H,4,15-16H2,1-3H3,(H2,36,37,41)/b35-14-/t26-,28+/m1/s1. The Morgan fingerprint density at radius 3 is 2.56 bits per heavy atom. The quantitative estimate of drug-likeness (QED) is 0.0547. The second kappa shape index (κ2) is 16.3. The highest BCUT2D eigenvalue weighted by molar-refractivity contribution is 14.1. The van der Waals surface area contributed by atoms with E-state index in [0.29, 0.717) is 36.0 Å². The van der Waals surface area contributed by atoms with Gasteiger partial charge in [-0.25, -0.2) is 9.59 Å². The molecule has 2 amide bonds. The zero-order valence-electron chi connectivity index (χ0n) is 24.5. The van der Waals surface area contributed by atoms with E-state index in [1.807, 2.05) is 43.3 Å². The molecule has 0 bridgehead atoms. The van der Waals surface area contributed by atoms with Crippen LogP contribution in [0.4, 0.5) is 4.79 Å². The van der Waals surface area contributed by atoms with Crippen LogP contribution in [0.25, 0.3) is 0 Å². The third-order valence-corrected chi connectivity index (χ3v) is 8.35. The Balaban J connectivity index is 1.37. The van der Waals surface area contributed by atoms with Crippen molar-refractivity contribution < 1.29 is 33.6 Å². The first-order valence-electron chi connectivity index (χ1n) is 13.7. The molecule has 0 aliphatic carbocycles. The highest BCUT2D eigenvalue weighted by Crippen LogP contribution is 2.35. The summed E-state index contributed by atoms with van der Waals surface area (Å²) in [5.41, 5.74) is 5.75. The molecule has 45 heavy (non-hydrogen) atoms. The molecule has 0 saturated heterocycles. The molecule has 11 nitrogen and oxygen atoms in total. The molecular weight excluding hydrogens is 827 g/mol. The van der Waals surface area contributed by atoms with Gasteiger partial charge in [0.2, 0.25) is 0 Å². The predicted octanol–water partition coefficient (Wildman–Crippen LogP) is 5.92. The molecule has 0 unspecified atom stereocenters. The number of amides is 2. The van der Waals surface area contributed by atoms with Gasteiger partial charge in [-0.05, 0) is 105 Å². The van der Waals surface area contributed by atoms with Crippen molar-refractivity contribution in [3.8, 4) is 17.2 Å². The predicted molar refractivity (Wildman–Crippen MR) is 184 cm³/mol. The SMILES string of the molecule is CCOc1cc([C@@H]2NC(=O)NC(C)=C2C(=O)OC)ccc1OC[C@@H](O)N/N=C\c1cc(Br)c(OCc2ccc(Br)cc2)c(I)c1. The molecule has 0 spiro atoms. The Labute approximate surface area is 291 Å². The molecule has 0 radical (unpaired) electrons. The number of carbonyl (C=O) groups is 2. The van der Waals surface area contributed by atoms with E-state index in [1.165, 1.54) is 7.11 Å². The van der Waals surface area contributed by atoms with Crippen LogP contribution < -0.4 is 30.3 Å². The highest BCUT2D eigenvalue weighted by atomic mass is 127. The van der Waals surface area contributed by atoms with E-state index in [9.17, 15) is 14.7 Å². The van der Waals surface area contributed by atoms with Crippen LogP contribution in [0.3, 0.4) is 0 Å². The first kappa shape index (κ1) is 34.5. The van der Waals surface area contributed by atoms with Crippen molar-refractivity contribution in [2.75, 3.05) is 20.3 Å². The Kier molecular flexibility index (Phi) is 12.5. The fourth-order valence-corrected chi connectivity index (χ4v) is 6.38. The summed E-state index contributed by atoms with van der Waals surface area (Å²) in [7, 11) is 1.28. The molecular formula is C31H31Br2IN4O7. The van der Waals surface area contributed by atoms with Crippen LogP contribution in [0, 0.1) is 3.57 Å². The minimum atomic E-state index is -1.13. The maximum atomic E-state index is 12.4. The monoisotopic (exact) mass is 856 g/mol. The van der Waals surface area contributed by atoms with Gasteiger partial charge in [0.25, 0.3) is 0 Å². The number of rotatable bonds is 13. The minimum Gasteiger partial charge on any atom is -0.490 e. The van der Waals surface area contributed by atoms with Crippen LogP contribution in [-0.2, 0) is 16.1 Å². The zero-order valence-corrected chi connectivity index (χ0v) is 29.9. The van der Waals surface area contributed by atoms with Crippen LogP contribution in [-0.4, -0.2) is 49.9 Å². The van der Waals surface area contributed by atoms with Gasteiger partial charge in [-0.2, -0.15) is 5.10 Å². The summed E-state index contributed by atoms with van der Waals surface area (Å²) < 4.78 is 25.2. The third kappa shape index (κ3) is 9.34. The molecule has 0 aromatic heterocycles. The number of methoxy groups -OCH3 is 1. The number of urea groups is 1. The average Bonchev–Trinajstić information content (AvgIpc) is 3.00. The summed E-state index contributed by atoms with van der Waals surface area (Å²) in [6, 6.07) is 15.5. The lowest BCUT2D eigenvalue weighted by Crippen LogP contribution is -2.45. The van der Waals surface area contributed by atoms with Crippen LogP contribution in [0.5, 0.6) is 17.2 Å². The van der Waals surface area contributed by atoms with E-state index in [1.54, 1.807) is 31.3 Å². The first-order valence-corrected chi connectivity index (χ1v) is 16.3. The smallest absolute Gasteiger partial charge is 0.337 e. The fraction of sp³-hybridized carbons (Fsp3) is 0.258. The molecule has 4 rings (SSSR count). The summed E-state index contributed by atoms with van der Waals surface area (Å²) in [5, 5.41) is 19.9. The maximum absolute atomic E-state index is 12.4. The lowest BCUT2D eigenvalue weighted by atomic mass is 9.95. The van der Waals surface area contributed by atoms with Crippen LogP contribution in [0.15, 0.2) is 79.9 Å². The molecule has 14 heteroatoms. The number of aliphatic hydroxyl groups is 1. The van der Waals surface area contributed by atoms with Gasteiger partial charge in [-0.1, -0.05) is 34.1 Å². The van der Waals surface area contributed by atoms with E-state index in [0.717, 1.165) is 29.4 Å². The van der Waals surface area contributed by atoms with E-state index in [4.69, 9.17) is 18.9 Å². The van der Waals surface area contributed by atoms with Crippen LogP contribution in [0.2, 0.25) is 0 Å². The number of allylic oxidation sites excluding steroid dienone is 1. The second-order valence-electron chi connectivity index (χ2n) is 9.64. The van der Waals surface area contributed by atoms with E-state index in [-0.39, 0.29) is 12.2 Å². The largest absolute Gasteiger partial charge is 0.490 e. The van der Waals surface area contributed by atoms with Gasteiger partial charge in [-0.3, -0.25) is 5.43 Å². The summed E-state index contributed by atoms with van der Waals surface area (Å²) >= 11 is 9.21. The van der Waals surface area contributed by atoms with Gasteiger partial charge in [0.1, 0.15) is 19.0 Å². The fourth-order valence-electron chi connectivity index (χ4n) is 4.35. The Morgan fingerprint density at radius 2 is 1.87 bits per heavy atom. The van der Waals surface area contributed by atoms with Crippen molar-refractivity contribution in [2.45, 2.75) is 32.7 Å². The molecule has 1 aliphatic rings. The average molecular weight is 858 g/mol. The van der Waals surface area contributed by atoms with Crippen molar-refractivity contribution in [2.24, 2.45) is 5.10 Å². The normalized spacial score (nSPS) is 15.3. The minimum absolute atomic E-state index is 0.142. The zero-order chi connectivity index (χ0) is 32.5. The van der Waals surface area contributed by atoms with Gasteiger partial charge >= 0.3 is 12.0 Å². The molecule has 238 valence electrons. The summed E-state index contributed by atoms with van der Waals surface area (Å²) in [5.74, 6) is 0.898. The number of benzene rings is 3. The molecule has 4 N–H and O–H groups in total. The number of ether oxygens (including phenoxy) is 4. The van der Waals surface area contributed by atoms with Crippen LogP contribution in [0.1, 0.15) is 36.6 Å². The van der Waals surface area contributed by atoms with E-state index >= 15 is 0 Å². The maximum Gasteiger partial charge on any atom is 0.337 e. The Bertz CT molecular complexity index is 1580. The molecule has 1 aliphatic heterocycles. The van der Waals surface area contributed by atoms with Crippen molar-refractivity contribution in [3.05, 3.63) is 95.1 Å².